The third-order valence-electron chi connectivity index (χ3n) is 2.79. The molecule has 0 saturated heterocycles. The van der Waals surface area contributed by atoms with Gasteiger partial charge in [-0.25, -0.2) is 4.99 Å². The van der Waals surface area contributed by atoms with Crippen molar-refractivity contribution in [2.45, 2.75) is 38.9 Å². The van der Waals surface area contributed by atoms with Crippen LogP contribution in [0.4, 0.5) is 0 Å². The molecular formula is C12H19IN4O. The number of nitrogens with two attached hydrogens (primary N) is 1. The number of aryl methyl sites for hydroxylation is 1. The van der Waals surface area contributed by atoms with Crippen molar-refractivity contribution < 1.29 is 0 Å². The molecular weight excluding hydrogens is 343 g/mol. The van der Waals surface area contributed by atoms with Gasteiger partial charge in [-0.2, -0.15) is 0 Å². The van der Waals surface area contributed by atoms with Crippen LogP contribution in [0.5, 0.6) is 0 Å². The average Bonchev–Trinajstić information content (AvgIpc) is 3.11. The number of hydrogen-bond donors (Lipinski definition) is 2. The molecule has 5 nitrogen and oxygen atoms in total. The number of nitrogens with one attached hydrogen (secondary N) is 1. The van der Waals surface area contributed by atoms with Crippen molar-refractivity contribution in [3.63, 3.8) is 0 Å². The Morgan fingerprint density at radius 1 is 1.61 bits per heavy atom. The van der Waals surface area contributed by atoms with E-state index in [2.05, 4.69) is 10.3 Å². The zero-order chi connectivity index (χ0) is 12.3. The van der Waals surface area contributed by atoms with E-state index in [1.807, 2.05) is 13.0 Å². The summed E-state index contributed by atoms with van der Waals surface area (Å²) in [6.07, 6.45) is 4.09. The first kappa shape index (κ1) is 15.0. The van der Waals surface area contributed by atoms with E-state index in [-0.39, 0.29) is 29.5 Å². The summed E-state index contributed by atoms with van der Waals surface area (Å²) in [7, 11) is 0. The Kier molecular flexibility index (Phi) is 5.64. The highest BCUT2D eigenvalue weighted by atomic mass is 127. The van der Waals surface area contributed by atoms with E-state index in [1.54, 1.807) is 16.8 Å². The Hall–Kier alpha value is -1.05. The number of aromatic nitrogens is 1. The summed E-state index contributed by atoms with van der Waals surface area (Å²) >= 11 is 0. The molecule has 0 spiro atoms. The molecule has 0 radical (unpaired) electrons. The third-order valence-corrected chi connectivity index (χ3v) is 2.79. The van der Waals surface area contributed by atoms with Crippen LogP contribution in [0.25, 0.3) is 0 Å². The van der Waals surface area contributed by atoms with Crippen LogP contribution in [-0.4, -0.2) is 16.6 Å². The number of nitrogens with zero attached hydrogens (tertiary/aromatic N) is 2. The summed E-state index contributed by atoms with van der Waals surface area (Å²) in [5, 5.41) is 3.09. The molecule has 0 aliphatic heterocycles. The molecule has 6 heteroatoms. The Balaban J connectivity index is 0.00000162. The number of guanidine groups is 1. The van der Waals surface area contributed by atoms with E-state index < -0.39 is 0 Å². The van der Waals surface area contributed by atoms with Crippen LogP contribution in [0.2, 0.25) is 0 Å². The lowest BCUT2D eigenvalue weighted by molar-refractivity contribution is 0.714. The molecule has 1 fully saturated rings. The average molecular weight is 362 g/mol. The van der Waals surface area contributed by atoms with Crippen LogP contribution >= 0.6 is 24.0 Å². The molecule has 1 saturated carbocycles. The lowest BCUT2D eigenvalue weighted by atomic mass is 10.3. The van der Waals surface area contributed by atoms with E-state index >= 15 is 0 Å². The van der Waals surface area contributed by atoms with Crippen LogP contribution in [0.3, 0.4) is 0 Å². The van der Waals surface area contributed by atoms with Gasteiger partial charge < -0.3 is 15.6 Å². The van der Waals surface area contributed by atoms with Crippen LogP contribution in [0.15, 0.2) is 28.1 Å². The van der Waals surface area contributed by atoms with Gasteiger partial charge in [0, 0.05) is 24.3 Å². The maximum atomic E-state index is 11.9. The normalized spacial score (nSPS) is 15.1. The predicted molar refractivity (Wildman–Crippen MR) is 83.3 cm³/mol. The van der Waals surface area contributed by atoms with Crippen LogP contribution in [0, 0.1) is 0 Å². The van der Waals surface area contributed by atoms with E-state index in [0.717, 1.165) is 12.8 Å². The first-order chi connectivity index (χ1) is 8.20. The third kappa shape index (κ3) is 4.01. The molecule has 3 N–H and O–H groups in total. The van der Waals surface area contributed by atoms with Gasteiger partial charge >= 0.3 is 0 Å². The summed E-state index contributed by atoms with van der Waals surface area (Å²) in [6.45, 7) is 2.95. The molecule has 1 aromatic rings. The first-order valence-corrected chi connectivity index (χ1v) is 5.95. The number of rotatable bonds is 4. The number of pyridine rings is 1. The fourth-order valence-corrected chi connectivity index (χ4v) is 1.61. The van der Waals surface area contributed by atoms with Crippen LogP contribution in [0.1, 0.15) is 25.3 Å². The fourth-order valence-electron chi connectivity index (χ4n) is 1.61. The number of aliphatic imine (C=N–C) groups is 1. The second-order valence-electron chi connectivity index (χ2n) is 4.24. The molecule has 18 heavy (non-hydrogen) atoms. The van der Waals surface area contributed by atoms with E-state index in [0.29, 0.717) is 30.7 Å². The van der Waals surface area contributed by atoms with Gasteiger partial charge in [0.05, 0.1) is 6.54 Å². The van der Waals surface area contributed by atoms with Crippen molar-refractivity contribution in [3.05, 3.63) is 34.2 Å². The van der Waals surface area contributed by atoms with Gasteiger partial charge in [0.2, 0.25) is 0 Å². The minimum Gasteiger partial charge on any atom is -0.370 e. The Bertz CT molecular complexity index is 479. The SMILES string of the molecule is CCn1cccc(CN=C(N)NC2CC2)c1=O.I. The zero-order valence-corrected chi connectivity index (χ0v) is 12.8. The van der Waals surface area contributed by atoms with Crippen molar-refractivity contribution in [2.24, 2.45) is 10.7 Å². The van der Waals surface area contributed by atoms with Crippen LogP contribution in [-0.2, 0) is 13.1 Å². The van der Waals surface area contributed by atoms with Gasteiger partial charge in [0.15, 0.2) is 5.96 Å². The summed E-state index contributed by atoms with van der Waals surface area (Å²) in [4.78, 5) is 16.1. The lowest BCUT2D eigenvalue weighted by Crippen LogP contribution is -2.33. The molecule has 2 rings (SSSR count). The van der Waals surface area contributed by atoms with Crippen molar-refractivity contribution >= 4 is 29.9 Å². The molecule has 0 amide bonds. The Labute approximate surface area is 124 Å². The lowest BCUT2D eigenvalue weighted by Gasteiger charge is -2.05. The van der Waals surface area contributed by atoms with Crippen molar-refractivity contribution in [1.82, 2.24) is 9.88 Å². The maximum Gasteiger partial charge on any atom is 0.255 e. The quantitative estimate of drug-likeness (QED) is 0.478. The summed E-state index contributed by atoms with van der Waals surface area (Å²) < 4.78 is 1.66. The van der Waals surface area contributed by atoms with Gasteiger partial charge in [-0.3, -0.25) is 4.79 Å². The van der Waals surface area contributed by atoms with E-state index in [4.69, 9.17) is 5.73 Å². The minimum atomic E-state index is 0. The van der Waals surface area contributed by atoms with Gasteiger partial charge in [-0.05, 0) is 25.8 Å². The molecule has 1 aromatic heterocycles. The molecule has 0 unspecified atom stereocenters. The molecule has 1 aliphatic rings. The molecule has 100 valence electrons. The van der Waals surface area contributed by atoms with Gasteiger partial charge in [-0.1, -0.05) is 6.07 Å². The summed E-state index contributed by atoms with van der Waals surface area (Å²) in [6, 6.07) is 4.14. The molecule has 1 heterocycles. The summed E-state index contributed by atoms with van der Waals surface area (Å²) in [5.74, 6) is 0.429. The Morgan fingerprint density at radius 3 is 2.94 bits per heavy atom. The monoisotopic (exact) mass is 362 g/mol. The molecule has 0 aromatic carbocycles. The van der Waals surface area contributed by atoms with Gasteiger partial charge in [-0.15, -0.1) is 24.0 Å². The summed E-state index contributed by atoms with van der Waals surface area (Å²) in [5.41, 5.74) is 6.40. The van der Waals surface area contributed by atoms with E-state index in [9.17, 15) is 4.79 Å². The molecule has 0 bridgehead atoms. The minimum absolute atomic E-state index is 0. The Morgan fingerprint density at radius 2 is 2.33 bits per heavy atom. The van der Waals surface area contributed by atoms with Crippen molar-refractivity contribution in [2.75, 3.05) is 0 Å². The largest absolute Gasteiger partial charge is 0.370 e. The second kappa shape index (κ2) is 6.77. The smallest absolute Gasteiger partial charge is 0.255 e. The highest BCUT2D eigenvalue weighted by Crippen LogP contribution is 2.17. The first-order valence-electron chi connectivity index (χ1n) is 5.95. The molecule has 0 atom stereocenters. The van der Waals surface area contributed by atoms with Crippen molar-refractivity contribution in [1.29, 1.82) is 0 Å². The highest BCUT2D eigenvalue weighted by Gasteiger charge is 2.21. The fraction of sp³-hybridized carbons (Fsp3) is 0.500. The number of hydrogen-bond acceptors (Lipinski definition) is 2. The van der Waals surface area contributed by atoms with Crippen LogP contribution < -0.4 is 16.6 Å². The second-order valence-corrected chi connectivity index (χ2v) is 4.24. The number of halogens is 1. The van der Waals surface area contributed by atoms with Crippen molar-refractivity contribution in [3.8, 4) is 0 Å². The predicted octanol–water partition coefficient (Wildman–Crippen LogP) is 1.05. The van der Waals surface area contributed by atoms with Gasteiger partial charge in [0.1, 0.15) is 0 Å². The van der Waals surface area contributed by atoms with E-state index in [1.165, 1.54) is 0 Å². The molecule has 1 aliphatic carbocycles. The topological polar surface area (TPSA) is 72.4 Å². The maximum absolute atomic E-state index is 11.9. The highest BCUT2D eigenvalue weighted by molar-refractivity contribution is 14.0. The standard InChI is InChI=1S/C12H18N4O.HI/c1-2-16-7-3-4-9(11(16)17)8-14-12(13)15-10-5-6-10;/h3-4,7,10H,2,5-6,8H2,1H3,(H3,13,14,15);1H. The zero-order valence-electron chi connectivity index (χ0n) is 10.4. The van der Waals surface area contributed by atoms with Gasteiger partial charge in [0.25, 0.3) is 5.56 Å².